The first-order chi connectivity index (χ1) is 8.06. The summed E-state index contributed by atoms with van der Waals surface area (Å²) in [7, 11) is 0. The van der Waals surface area contributed by atoms with Crippen LogP contribution in [0.5, 0.6) is 0 Å². The molecule has 0 aromatic heterocycles. The van der Waals surface area contributed by atoms with Crippen molar-refractivity contribution in [2.45, 2.75) is 51.7 Å². The van der Waals surface area contributed by atoms with Crippen LogP contribution in [-0.2, 0) is 6.42 Å². The lowest BCUT2D eigenvalue weighted by Gasteiger charge is -2.18. The Labute approximate surface area is 112 Å². The average molecular weight is 300 g/mol. The summed E-state index contributed by atoms with van der Waals surface area (Å²) in [6.45, 7) is 4.18. The van der Waals surface area contributed by atoms with E-state index in [1.165, 1.54) is 11.1 Å². The molecule has 0 radical (unpaired) electrons. The highest BCUT2D eigenvalue weighted by atomic mass is 79.9. The number of rotatable bonds is 6. The van der Waals surface area contributed by atoms with Crippen LogP contribution in [0.4, 0.5) is 0 Å². The van der Waals surface area contributed by atoms with E-state index in [2.05, 4.69) is 35.8 Å². The monoisotopic (exact) mass is 299 g/mol. The molecule has 0 fully saturated rings. The number of aliphatic hydroxyl groups is 1. The molecule has 0 aliphatic carbocycles. The summed E-state index contributed by atoms with van der Waals surface area (Å²) in [5.74, 6) is 0. The van der Waals surface area contributed by atoms with Crippen LogP contribution in [0.25, 0.3) is 0 Å². The van der Waals surface area contributed by atoms with Gasteiger partial charge in [-0.05, 0) is 43.4 Å². The number of hydrogen-bond acceptors (Lipinski definition) is 2. The fourth-order valence-corrected chi connectivity index (χ4v) is 2.37. The van der Waals surface area contributed by atoms with E-state index in [1.54, 1.807) is 0 Å². The number of benzene rings is 1. The molecule has 3 N–H and O–H groups in total. The van der Waals surface area contributed by atoms with E-state index in [4.69, 9.17) is 5.73 Å². The van der Waals surface area contributed by atoms with Gasteiger partial charge in [0.25, 0.3) is 0 Å². The van der Waals surface area contributed by atoms with E-state index in [-0.39, 0.29) is 6.04 Å². The minimum atomic E-state index is -0.395. The van der Waals surface area contributed by atoms with Crippen molar-refractivity contribution in [1.82, 2.24) is 0 Å². The Morgan fingerprint density at radius 3 is 2.71 bits per heavy atom. The molecule has 0 spiro atoms. The van der Waals surface area contributed by atoms with Crippen molar-refractivity contribution in [3.05, 3.63) is 33.8 Å². The number of nitrogens with two attached hydrogens (primary N) is 1. The minimum absolute atomic E-state index is 0.0903. The van der Waals surface area contributed by atoms with Gasteiger partial charge in [0.15, 0.2) is 0 Å². The lowest BCUT2D eigenvalue weighted by Crippen LogP contribution is -2.34. The van der Waals surface area contributed by atoms with Crippen LogP contribution in [0.15, 0.2) is 22.7 Å². The standard InChI is InChI=1S/C14H22BrNO/c1-3-5-13(16)14(17)9-8-11-6-4-7-12(15)10(11)2/h4,6-7,13-14,17H,3,5,8-9,16H2,1-2H3. The van der Waals surface area contributed by atoms with Gasteiger partial charge in [0.05, 0.1) is 6.10 Å². The molecule has 3 heteroatoms. The molecule has 2 atom stereocenters. The third kappa shape index (κ3) is 4.41. The highest BCUT2D eigenvalue weighted by Crippen LogP contribution is 2.21. The van der Waals surface area contributed by atoms with Gasteiger partial charge >= 0.3 is 0 Å². The number of aryl methyl sites for hydroxylation is 1. The number of halogens is 1. The molecule has 1 rings (SSSR count). The van der Waals surface area contributed by atoms with Crippen LogP contribution in [0.2, 0.25) is 0 Å². The molecule has 0 amide bonds. The molecular formula is C14H22BrNO. The summed E-state index contributed by atoms with van der Waals surface area (Å²) in [5.41, 5.74) is 8.43. The minimum Gasteiger partial charge on any atom is -0.392 e. The first-order valence-corrected chi connectivity index (χ1v) is 7.03. The summed E-state index contributed by atoms with van der Waals surface area (Å²) >= 11 is 3.52. The van der Waals surface area contributed by atoms with Gasteiger partial charge in [-0.15, -0.1) is 0 Å². The Morgan fingerprint density at radius 1 is 1.35 bits per heavy atom. The van der Waals surface area contributed by atoms with Crippen molar-refractivity contribution in [3.8, 4) is 0 Å². The Bertz CT molecular complexity index is 354. The van der Waals surface area contributed by atoms with Crippen molar-refractivity contribution in [1.29, 1.82) is 0 Å². The molecule has 2 unspecified atom stereocenters. The molecule has 96 valence electrons. The fraction of sp³-hybridized carbons (Fsp3) is 0.571. The second-order valence-electron chi connectivity index (χ2n) is 4.58. The molecular weight excluding hydrogens is 278 g/mol. The SMILES string of the molecule is CCCC(N)C(O)CCc1cccc(Br)c1C. The first kappa shape index (κ1) is 14.7. The first-order valence-electron chi connectivity index (χ1n) is 6.24. The van der Waals surface area contributed by atoms with Crippen LogP contribution < -0.4 is 5.73 Å². The number of hydrogen-bond donors (Lipinski definition) is 2. The second-order valence-corrected chi connectivity index (χ2v) is 5.44. The molecule has 2 nitrogen and oxygen atoms in total. The Morgan fingerprint density at radius 2 is 2.06 bits per heavy atom. The maximum absolute atomic E-state index is 9.93. The number of aliphatic hydroxyl groups excluding tert-OH is 1. The zero-order valence-electron chi connectivity index (χ0n) is 10.6. The lowest BCUT2D eigenvalue weighted by molar-refractivity contribution is 0.131. The van der Waals surface area contributed by atoms with Gasteiger partial charge in [0.1, 0.15) is 0 Å². The van der Waals surface area contributed by atoms with E-state index in [9.17, 15) is 5.11 Å². The summed E-state index contributed by atoms with van der Waals surface area (Å²) in [5, 5.41) is 9.93. The van der Waals surface area contributed by atoms with E-state index < -0.39 is 6.10 Å². The molecule has 1 aromatic carbocycles. The van der Waals surface area contributed by atoms with Crippen molar-refractivity contribution >= 4 is 15.9 Å². The van der Waals surface area contributed by atoms with Gasteiger partial charge in [-0.3, -0.25) is 0 Å². The summed E-state index contributed by atoms with van der Waals surface area (Å²) < 4.78 is 1.13. The molecule has 0 aliphatic rings. The van der Waals surface area contributed by atoms with Crippen LogP contribution in [0.3, 0.4) is 0 Å². The van der Waals surface area contributed by atoms with Crippen LogP contribution in [0, 0.1) is 6.92 Å². The van der Waals surface area contributed by atoms with E-state index in [0.717, 1.165) is 30.2 Å². The van der Waals surface area contributed by atoms with Crippen LogP contribution in [-0.4, -0.2) is 17.3 Å². The summed E-state index contributed by atoms with van der Waals surface area (Å²) in [6.07, 6.45) is 3.13. The van der Waals surface area contributed by atoms with Gasteiger partial charge in [-0.2, -0.15) is 0 Å². The van der Waals surface area contributed by atoms with Crippen molar-refractivity contribution < 1.29 is 5.11 Å². The lowest BCUT2D eigenvalue weighted by atomic mass is 9.97. The van der Waals surface area contributed by atoms with Gasteiger partial charge in [-0.1, -0.05) is 41.4 Å². The predicted molar refractivity (Wildman–Crippen MR) is 76.1 cm³/mol. The molecule has 0 aliphatic heterocycles. The smallest absolute Gasteiger partial charge is 0.0694 e. The molecule has 0 bridgehead atoms. The topological polar surface area (TPSA) is 46.2 Å². The normalized spacial score (nSPS) is 14.6. The highest BCUT2D eigenvalue weighted by molar-refractivity contribution is 9.10. The van der Waals surface area contributed by atoms with Crippen molar-refractivity contribution in [2.75, 3.05) is 0 Å². The van der Waals surface area contributed by atoms with Gasteiger partial charge in [0.2, 0.25) is 0 Å². The zero-order valence-corrected chi connectivity index (χ0v) is 12.2. The predicted octanol–water partition coefficient (Wildman–Crippen LogP) is 3.18. The van der Waals surface area contributed by atoms with Gasteiger partial charge in [-0.25, -0.2) is 0 Å². The summed E-state index contributed by atoms with van der Waals surface area (Å²) in [6, 6.07) is 6.09. The molecule has 0 saturated carbocycles. The molecule has 0 saturated heterocycles. The maximum atomic E-state index is 9.93. The maximum Gasteiger partial charge on any atom is 0.0694 e. The third-order valence-corrected chi connectivity index (χ3v) is 4.06. The largest absolute Gasteiger partial charge is 0.392 e. The van der Waals surface area contributed by atoms with Gasteiger partial charge in [0, 0.05) is 10.5 Å². The Balaban J connectivity index is 2.52. The molecule has 0 heterocycles. The Hall–Kier alpha value is -0.380. The quantitative estimate of drug-likeness (QED) is 0.847. The van der Waals surface area contributed by atoms with Crippen molar-refractivity contribution in [3.63, 3.8) is 0 Å². The fourth-order valence-electron chi connectivity index (χ4n) is 1.97. The Kier molecular flexibility index (Phi) is 6.17. The molecule has 1 aromatic rings. The van der Waals surface area contributed by atoms with Crippen LogP contribution >= 0.6 is 15.9 Å². The second kappa shape index (κ2) is 7.14. The third-order valence-electron chi connectivity index (χ3n) is 3.21. The van der Waals surface area contributed by atoms with Crippen molar-refractivity contribution in [2.24, 2.45) is 5.73 Å². The summed E-state index contributed by atoms with van der Waals surface area (Å²) in [4.78, 5) is 0. The highest BCUT2D eigenvalue weighted by Gasteiger charge is 2.14. The van der Waals surface area contributed by atoms with Gasteiger partial charge < -0.3 is 10.8 Å². The zero-order chi connectivity index (χ0) is 12.8. The van der Waals surface area contributed by atoms with Crippen LogP contribution in [0.1, 0.15) is 37.3 Å². The average Bonchev–Trinajstić information content (AvgIpc) is 2.31. The molecule has 17 heavy (non-hydrogen) atoms. The van der Waals surface area contributed by atoms with E-state index in [0.29, 0.717) is 0 Å². The van der Waals surface area contributed by atoms with E-state index >= 15 is 0 Å². The van der Waals surface area contributed by atoms with E-state index in [1.807, 2.05) is 12.1 Å².